The van der Waals surface area contributed by atoms with Crippen molar-refractivity contribution in [1.29, 1.82) is 0 Å². The predicted octanol–water partition coefficient (Wildman–Crippen LogP) is 3.68. The summed E-state index contributed by atoms with van der Waals surface area (Å²) in [6.45, 7) is 6.46. The Labute approximate surface area is 189 Å². The minimum absolute atomic E-state index is 0.0451. The Hall–Kier alpha value is -3.47. The van der Waals surface area contributed by atoms with Crippen LogP contribution in [0.25, 0.3) is 17.0 Å². The van der Waals surface area contributed by atoms with E-state index in [0.717, 1.165) is 5.69 Å². The van der Waals surface area contributed by atoms with E-state index < -0.39 is 12.2 Å². The summed E-state index contributed by atoms with van der Waals surface area (Å²) in [4.78, 5) is 27.4. The van der Waals surface area contributed by atoms with Crippen molar-refractivity contribution in [2.24, 2.45) is 0 Å². The first kappa shape index (κ1) is 23.2. The molecule has 0 spiro atoms. The highest BCUT2D eigenvalue weighted by Crippen LogP contribution is 2.34. The topological polar surface area (TPSA) is 143 Å². The number of benzene rings is 1. The quantitative estimate of drug-likeness (QED) is 0.247. The Morgan fingerprint density at radius 2 is 2.06 bits per heavy atom. The van der Waals surface area contributed by atoms with Gasteiger partial charge in [-0.15, -0.1) is 5.10 Å². The average molecular weight is 465 g/mol. The molecule has 4 N–H and O–H groups in total. The number of hydrogen-bond acceptors (Lipinski definition) is 7. The van der Waals surface area contributed by atoms with Gasteiger partial charge >= 0.3 is 12.2 Å². The highest BCUT2D eigenvalue weighted by molar-refractivity contribution is 6.34. The lowest BCUT2D eigenvalue weighted by Gasteiger charge is -2.16. The first-order valence-electron chi connectivity index (χ1n) is 9.84. The molecule has 2 heterocycles. The first-order valence-corrected chi connectivity index (χ1v) is 10.2. The van der Waals surface area contributed by atoms with Crippen molar-refractivity contribution in [3.8, 4) is 17.1 Å². The van der Waals surface area contributed by atoms with Crippen LogP contribution in [-0.2, 0) is 14.9 Å². The van der Waals surface area contributed by atoms with Crippen LogP contribution in [0.1, 0.15) is 32.9 Å². The lowest BCUT2D eigenvalue weighted by atomic mass is 9.92. The minimum Gasteiger partial charge on any atom is -0.507 e. The van der Waals surface area contributed by atoms with E-state index in [-0.39, 0.29) is 30.1 Å². The zero-order chi connectivity index (χ0) is 23.5. The summed E-state index contributed by atoms with van der Waals surface area (Å²) >= 11 is 6.46. The van der Waals surface area contributed by atoms with Crippen molar-refractivity contribution >= 4 is 35.1 Å². The van der Waals surface area contributed by atoms with E-state index in [9.17, 15) is 14.7 Å². The van der Waals surface area contributed by atoms with Crippen LogP contribution < -0.4 is 10.6 Å². The van der Waals surface area contributed by atoms with Crippen LogP contribution >= 0.6 is 11.6 Å². The Balaban J connectivity index is 1.68. The molecule has 0 aliphatic carbocycles. The van der Waals surface area contributed by atoms with Gasteiger partial charge in [0.2, 0.25) is 0 Å². The van der Waals surface area contributed by atoms with Gasteiger partial charge in [0.15, 0.2) is 11.5 Å². The van der Waals surface area contributed by atoms with E-state index in [4.69, 9.17) is 16.3 Å². The van der Waals surface area contributed by atoms with Crippen molar-refractivity contribution in [3.63, 3.8) is 0 Å². The number of anilines is 1. The van der Waals surface area contributed by atoms with E-state index in [1.54, 1.807) is 12.1 Å². The molecule has 0 radical (unpaired) electrons. The molecule has 32 heavy (non-hydrogen) atoms. The molecule has 0 aliphatic heterocycles. The zero-order valence-corrected chi connectivity index (χ0v) is 18.9. The van der Waals surface area contributed by atoms with Crippen molar-refractivity contribution in [1.82, 2.24) is 25.1 Å². The van der Waals surface area contributed by atoms with Crippen LogP contribution in [0.2, 0.25) is 5.02 Å². The third-order valence-electron chi connectivity index (χ3n) is 4.48. The normalized spacial score (nSPS) is 11.4. The largest absolute Gasteiger partial charge is 0.507 e. The number of rotatable bonds is 6. The maximum absolute atomic E-state index is 12.1. The van der Waals surface area contributed by atoms with Gasteiger partial charge in [-0.3, -0.25) is 5.10 Å². The monoisotopic (exact) mass is 464 g/mol. The second-order valence-electron chi connectivity index (χ2n) is 7.99. The molecule has 0 saturated carbocycles. The SMILES string of the molecule is COC(=O)OCCCNC(=O)Nc1ccc(O)c(-c2nc3c(Cl)c(C(C)(C)C)[nH]n3n2)c1. The molecule has 3 rings (SSSR count). The molecule has 172 valence electrons. The maximum Gasteiger partial charge on any atom is 0.507 e. The maximum atomic E-state index is 12.1. The van der Waals surface area contributed by atoms with Gasteiger partial charge in [0, 0.05) is 17.6 Å². The van der Waals surface area contributed by atoms with Gasteiger partial charge in [0.05, 0.1) is 25.0 Å². The van der Waals surface area contributed by atoms with Crippen LogP contribution in [-0.4, -0.2) is 57.4 Å². The highest BCUT2D eigenvalue weighted by atomic mass is 35.5. The number of aromatic amines is 1. The number of aromatic hydroxyl groups is 1. The molecule has 0 fully saturated rings. The van der Waals surface area contributed by atoms with E-state index in [2.05, 4.69) is 30.6 Å². The van der Waals surface area contributed by atoms with E-state index in [1.165, 1.54) is 17.8 Å². The van der Waals surface area contributed by atoms with Gasteiger partial charge in [0.1, 0.15) is 10.8 Å². The third-order valence-corrected chi connectivity index (χ3v) is 4.84. The number of halogens is 1. The number of H-pyrrole nitrogens is 1. The number of aromatic nitrogens is 4. The molecule has 1 aromatic carbocycles. The van der Waals surface area contributed by atoms with Gasteiger partial charge in [-0.25, -0.2) is 14.6 Å². The molecule has 3 aromatic rings. The molecular formula is C20H25ClN6O5. The van der Waals surface area contributed by atoms with E-state index in [0.29, 0.717) is 28.3 Å². The third kappa shape index (κ3) is 5.22. The molecule has 0 atom stereocenters. The van der Waals surface area contributed by atoms with E-state index >= 15 is 0 Å². The molecule has 0 unspecified atom stereocenters. The van der Waals surface area contributed by atoms with Crippen molar-refractivity contribution in [3.05, 3.63) is 28.9 Å². The fraction of sp³-hybridized carbons (Fsp3) is 0.400. The van der Waals surface area contributed by atoms with Crippen LogP contribution in [0.3, 0.4) is 0 Å². The van der Waals surface area contributed by atoms with Crippen LogP contribution in [0, 0.1) is 0 Å². The molecule has 0 bridgehead atoms. The predicted molar refractivity (Wildman–Crippen MR) is 118 cm³/mol. The highest BCUT2D eigenvalue weighted by Gasteiger charge is 2.25. The summed E-state index contributed by atoms with van der Waals surface area (Å²) < 4.78 is 10.5. The van der Waals surface area contributed by atoms with Gasteiger partial charge < -0.3 is 25.2 Å². The number of amides is 2. The van der Waals surface area contributed by atoms with Gasteiger partial charge in [0.25, 0.3) is 0 Å². The number of nitrogens with one attached hydrogen (secondary N) is 3. The fourth-order valence-corrected chi connectivity index (χ4v) is 3.31. The number of fused-ring (bicyclic) bond motifs is 1. The molecule has 11 nitrogen and oxygen atoms in total. The fourth-order valence-electron chi connectivity index (χ4n) is 2.87. The molecule has 0 saturated heterocycles. The first-order chi connectivity index (χ1) is 15.1. The Morgan fingerprint density at radius 1 is 1.31 bits per heavy atom. The van der Waals surface area contributed by atoms with Crippen molar-refractivity contribution in [2.75, 3.05) is 25.6 Å². The molecule has 2 aromatic heterocycles. The second-order valence-corrected chi connectivity index (χ2v) is 8.37. The van der Waals surface area contributed by atoms with Crippen LogP contribution in [0.5, 0.6) is 5.75 Å². The van der Waals surface area contributed by atoms with Crippen LogP contribution in [0.15, 0.2) is 18.2 Å². The van der Waals surface area contributed by atoms with Crippen molar-refractivity contribution < 1.29 is 24.2 Å². The second kappa shape index (κ2) is 9.35. The number of carbonyl (C=O) groups is 2. The number of urea groups is 1. The number of methoxy groups -OCH3 is 1. The van der Waals surface area contributed by atoms with Crippen molar-refractivity contribution in [2.45, 2.75) is 32.6 Å². The molecular weight excluding hydrogens is 440 g/mol. The van der Waals surface area contributed by atoms with Gasteiger partial charge in [-0.05, 0) is 24.6 Å². The summed E-state index contributed by atoms with van der Waals surface area (Å²) in [5.41, 5.74) is 1.79. The van der Waals surface area contributed by atoms with Crippen LogP contribution in [0.4, 0.5) is 15.3 Å². The van der Waals surface area contributed by atoms with Gasteiger partial charge in [-0.1, -0.05) is 32.4 Å². The lowest BCUT2D eigenvalue weighted by molar-refractivity contribution is 0.0721. The summed E-state index contributed by atoms with van der Waals surface area (Å²) in [7, 11) is 1.22. The van der Waals surface area contributed by atoms with Gasteiger partial charge in [-0.2, -0.15) is 4.63 Å². The molecule has 12 heteroatoms. The molecule has 2 amide bonds. The zero-order valence-electron chi connectivity index (χ0n) is 18.2. The molecule has 0 aliphatic rings. The standard InChI is InChI=1S/C20H25ClN6O5/c1-20(2,3)15-14(21)17-24-16(26-27(17)25-15)12-10-11(6-7-13(12)28)23-18(29)22-8-5-9-32-19(30)31-4/h6-7,10,25,28H,5,8-9H2,1-4H3,(H2,22,23,29). The smallest absolute Gasteiger partial charge is 0.507 e. The number of nitrogens with zero attached hydrogens (tertiary/aromatic N) is 3. The summed E-state index contributed by atoms with van der Waals surface area (Å²) in [6.07, 6.45) is -0.350. The summed E-state index contributed by atoms with van der Waals surface area (Å²) in [5, 5.41) is 23.5. The Bertz CT molecular complexity index is 1130. The number of phenolic OH excluding ortho intramolecular Hbond substituents is 1. The summed E-state index contributed by atoms with van der Waals surface area (Å²) in [5.74, 6) is 0.205. The lowest BCUT2D eigenvalue weighted by Crippen LogP contribution is -2.30. The summed E-state index contributed by atoms with van der Waals surface area (Å²) in [6, 6.07) is 4.09. The number of ether oxygens (including phenoxy) is 2. The number of hydrogen-bond donors (Lipinski definition) is 4. The Kier molecular flexibility index (Phi) is 6.78. The average Bonchev–Trinajstić information content (AvgIpc) is 3.28. The number of carbonyl (C=O) groups excluding carboxylic acids is 2. The van der Waals surface area contributed by atoms with E-state index in [1.807, 2.05) is 20.8 Å². The minimum atomic E-state index is -0.772. The Morgan fingerprint density at radius 3 is 2.72 bits per heavy atom. The number of phenols is 1.